The number of benzene rings is 1. The topological polar surface area (TPSA) is 70.7 Å². The van der Waals surface area contributed by atoms with Gasteiger partial charge in [0.25, 0.3) is 11.8 Å². The van der Waals surface area contributed by atoms with Crippen molar-refractivity contribution in [3.8, 4) is 0 Å². The Hall–Kier alpha value is -1.63. The van der Waals surface area contributed by atoms with E-state index in [1.807, 2.05) is 30.0 Å². The van der Waals surface area contributed by atoms with Crippen LogP contribution in [0.4, 0.5) is 5.69 Å². The highest BCUT2D eigenvalue weighted by atomic mass is 35.5. The number of hydrogen-bond acceptors (Lipinski definition) is 4. The maximum atomic E-state index is 12.6. The molecule has 2 aliphatic rings. The van der Waals surface area contributed by atoms with Crippen molar-refractivity contribution in [2.75, 3.05) is 38.1 Å². The van der Waals surface area contributed by atoms with Crippen LogP contribution in [0, 0.1) is 6.92 Å². The number of morpholine rings is 1. The van der Waals surface area contributed by atoms with Crippen molar-refractivity contribution < 1.29 is 14.3 Å². The predicted octanol–water partition coefficient (Wildman–Crippen LogP) is 1.58. The maximum Gasteiger partial charge on any atom is 0.254 e. The normalized spacial score (nSPS) is 20.4. The molecule has 0 saturated carbocycles. The molecular weight excluding hydrogens is 330 g/mol. The molecule has 0 aliphatic carbocycles. The van der Waals surface area contributed by atoms with Gasteiger partial charge in [-0.05, 0) is 37.5 Å². The lowest BCUT2D eigenvalue weighted by Crippen LogP contribution is -2.45. The van der Waals surface area contributed by atoms with E-state index < -0.39 is 6.10 Å². The monoisotopic (exact) mass is 353 g/mol. The summed E-state index contributed by atoms with van der Waals surface area (Å²) in [5, 5.41) is 6.03. The molecule has 0 bridgehead atoms. The Balaban J connectivity index is 0.00000208. The highest BCUT2D eigenvalue weighted by molar-refractivity contribution is 6.00. The molecule has 0 radical (unpaired) electrons. The summed E-state index contributed by atoms with van der Waals surface area (Å²) in [6, 6.07) is 5.46. The smallest absolute Gasteiger partial charge is 0.254 e. The lowest BCUT2D eigenvalue weighted by molar-refractivity contribution is -0.128. The van der Waals surface area contributed by atoms with E-state index in [2.05, 4.69) is 10.6 Å². The summed E-state index contributed by atoms with van der Waals surface area (Å²) in [5.74, 6) is -0.127. The summed E-state index contributed by atoms with van der Waals surface area (Å²) in [4.78, 5) is 26.7. The molecule has 2 aliphatic heterocycles. The fourth-order valence-electron chi connectivity index (χ4n) is 3.04. The number of carbonyl (C=O) groups is 2. The van der Waals surface area contributed by atoms with Gasteiger partial charge in [0.05, 0.1) is 6.61 Å². The summed E-state index contributed by atoms with van der Waals surface area (Å²) < 4.78 is 5.46. The number of anilines is 1. The standard InChI is InChI=1S/C17H23N3O3.ClH/c1-12-13(17(22)20-8-2-3-9-20)5-4-6-14(12)19-16(21)15-11-18-7-10-23-15;/h4-6,15,18H,2-3,7-11H2,1H3,(H,19,21);1H. The van der Waals surface area contributed by atoms with E-state index in [0.29, 0.717) is 24.4 Å². The molecule has 1 unspecified atom stereocenters. The molecule has 0 spiro atoms. The number of likely N-dealkylation sites (tertiary alicyclic amines) is 1. The van der Waals surface area contributed by atoms with Crippen molar-refractivity contribution in [3.05, 3.63) is 29.3 Å². The average molecular weight is 354 g/mol. The van der Waals surface area contributed by atoms with E-state index in [1.165, 1.54) is 0 Å². The number of ether oxygens (including phenoxy) is 1. The first kappa shape index (κ1) is 18.7. The fourth-order valence-corrected chi connectivity index (χ4v) is 3.04. The van der Waals surface area contributed by atoms with Crippen molar-refractivity contribution in [2.45, 2.75) is 25.9 Å². The Morgan fingerprint density at radius 2 is 2.04 bits per heavy atom. The van der Waals surface area contributed by atoms with E-state index in [9.17, 15) is 9.59 Å². The number of halogens is 1. The number of carbonyl (C=O) groups excluding carboxylic acids is 2. The molecule has 2 heterocycles. The first-order chi connectivity index (χ1) is 11.2. The van der Waals surface area contributed by atoms with Gasteiger partial charge in [-0.25, -0.2) is 0 Å². The summed E-state index contributed by atoms with van der Waals surface area (Å²) in [5.41, 5.74) is 2.14. The second-order valence-corrected chi connectivity index (χ2v) is 6.03. The molecule has 3 rings (SSSR count). The Bertz CT molecular complexity index is 597. The molecule has 132 valence electrons. The summed E-state index contributed by atoms with van der Waals surface area (Å²) >= 11 is 0. The lowest BCUT2D eigenvalue weighted by atomic mass is 10.1. The Labute approximate surface area is 148 Å². The van der Waals surface area contributed by atoms with Gasteiger partial charge < -0.3 is 20.3 Å². The van der Waals surface area contributed by atoms with Gasteiger partial charge in [-0.1, -0.05) is 6.07 Å². The van der Waals surface area contributed by atoms with Crippen molar-refractivity contribution >= 4 is 29.9 Å². The highest BCUT2D eigenvalue weighted by Crippen LogP contribution is 2.22. The average Bonchev–Trinajstić information content (AvgIpc) is 3.11. The van der Waals surface area contributed by atoms with Crippen LogP contribution in [0.5, 0.6) is 0 Å². The quantitative estimate of drug-likeness (QED) is 0.865. The summed E-state index contributed by atoms with van der Waals surface area (Å²) in [6.45, 7) is 5.32. The van der Waals surface area contributed by atoms with Gasteiger partial charge in [0, 0.05) is 37.4 Å². The minimum absolute atomic E-state index is 0. The van der Waals surface area contributed by atoms with Crippen LogP contribution >= 0.6 is 12.4 Å². The van der Waals surface area contributed by atoms with Crippen molar-refractivity contribution in [1.29, 1.82) is 0 Å². The van der Waals surface area contributed by atoms with Crippen LogP contribution in [0.1, 0.15) is 28.8 Å². The highest BCUT2D eigenvalue weighted by Gasteiger charge is 2.24. The third kappa shape index (κ3) is 4.06. The SMILES string of the molecule is Cc1c(NC(=O)C2CNCCO2)cccc1C(=O)N1CCCC1.Cl. The summed E-state index contributed by atoms with van der Waals surface area (Å²) in [6.07, 6.45) is 1.64. The largest absolute Gasteiger partial charge is 0.366 e. The third-order valence-electron chi connectivity index (χ3n) is 4.44. The van der Waals surface area contributed by atoms with Gasteiger partial charge in [0.2, 0.25) is 0 Å². The molecule has 2 N–H and O–H groups in total. The molecule has 24 heavy (non-hydrogen) atoms. The third-order valence-corrected chi connectivity index (χ3v) is 4.44. The van der Waals surface area contributed by atoms with Crippen molar-refractivity contribution in [1.82, 2.24) is 10.2 Å². The second-order valence-electron chi connectivity index (χ2n) is 6.03. The van der Waals surface area contributed by atoms with Crippen molar-refractivity contribution in [3.63, 3.8) is 0 Å². The number of rotatable bonds is 3. The number of hydrogen-bond donors (Lipinski definition) is 2. The van der Waals surface area contributed by atoms with Gasteiger partial charge in [-0.15, -0.1) is 12.4 Å². The predicted molar refractivity (Wildman–Crippen MR) is 94.8 cm³/mol. The fraction of sp³-hybridized carbons (Fsp3) is 0.529. The van der Waals surface area contributed by atoms with E-state index in [4.69, 9.17) is 4.74 Å². The lowest BCUT2D eigenvalue weighted by Gasteiger charge is -2.23. The number of nitrogens with zero attached hydrogens (tertiary/aromatic N) is 1. The van der Waals surface area contributed by atoms with Crippen LogP contribution in [0.3, 0.4) is 0 Å². The van der Waals surface area contributed by atoms with Gasteiger partial charge >= 0.3 is 0 Å². The minimum atomic E-state index is -0.485. The van der Waals surface area contributed by atoms with E-state index >= 15 is 0 Å². The van der Waals surface area contributed by atoms with E-state index in [0.717, 1.165) is 38.0 Å². The van der Waals surface area contributed by atoms with Gasteiger partial charge in [0.1, 0.15) is 6.10 Å². The second kappa shape index (κ2) is 8.46. The minimum Gasteiger partial charge on any atom is -0.366 e. The molecule has 1 aromatic rings. The van der Waals surface area contributed by atoms with Crippen LogP contribution in [0.25, 0.3) is 0 Å². The molecule has 2 saturated heterocycles. The zero-order chi connectivity index (χ0) is 16.2. The number of nitrogens with one attached hydrogen (secondary N) is 2. The molecule has 0 aromatic heterocycles. The molecule has 6 nitrogen and oxygen atoms in total. The first-order valence-corrected chi connectivity index (χ1v) is 8.19. The number of amides is 2. The van der Waals surface area contributed by atoms with Crippen LogP contribution < -0.4 is 10.6 Å². The molecule has 2 fully saturated rings. The zero-order valence-electron chi connectivity index (χ0n) is 13.8. The van der Waals surface area contributed by atoms with Crippen LogP contribution in [0.2, 0.25) is 0 Å². The molecule has 1 atom stereocenters. The van der Waals surface area contributed by atoms with Crippen LogP contribution in [0.15, 0.2) is 18.2 Å². The van der Waals surface area contributed by atoms with E-state index in [1.54, 1.807) is 0 Å². The Morgan fingerprint density at radius 1 is 1.29 bits per heavy atom. The molecule has 7 heteroatoms. The zero-order valence-corrected chi connectivity index (χ0v) is 14.7. The summed E-state index contributed by atoms with van der Waals surface area (Å²) in [7, 11) is 0. The first-order valence-electron chi connectivity index (χ1n) is 8.19. The Morgan fingerprint density at radius 3 is 2.71 bits per heavy atom. The molecule has 2 amide bonds. The molecule has 1 aromatic carbocycles. The van der Waals surface area contributed by atoms with Gasteiger partial charge in [0.15, 0.2) is 0 Å². The van der Waals surface area contributed by atoms with Gasteiger partial charge in [-0.3, -0.25) is 9.59 Å². The van der Waals surface area contributed by atoms with Crippen LogP contribution in [-0.4, -0.2) is 55.6 Å². The van der Waals surface area contributed by atoms with Crippen molar-refractivity contribution in [2.24, 2.45) is 0 Å². The maximum absolute atomic E-state index is 12.6. The van der Waals surface area contributed by atoms with Crippen LogP contribution in [-0.2, 0) is 9.53 Å². The Kier molecular flexibility index (Phi) is 6.60. The molecular formula is C17H24ClN3O3. The van der Waals surface area contributed by atoms with Gasteiger partial charge in [-0.2, -0.15) is 0 Å². The van der Waals surface area contributed by atoms with E-state index in [-0.39, 0.29) is 24.2 Å².